The van der Waals surface area contributed by atoms with Crippen molar-refractivity contribution in [2.75, 3.05) is 12.9 Å². The number of ether oxygens (including phenoxy) is 2. The van der Waals surface area contributed by atoms with Crippen LogP contribution in [0.2, 0.25) is 0 Å². The summed E-state index contributed by atoms with van der Waals surface area (Å²) >= 11 is 1.58. The van der Waals surface area contributed by atoms with Gasteiger partial charge in [-0.25, -0.2) is 4.98 Å². The first-order valence-corrected chi connectivity index (χ1v) is 8.53. The first-order valence-electron chi connectivity index (χ1n) is 7.48. The summed E-state index contributed by atoms with van der Waals surface area (Å²) in [6, 6.07) is 10.8. The van der Waals surface area contributed by atoms with Crippen LogP contribution in [0.5, 0.6) is 11.6 Å². The largest absolute Gasteiger partial charge is 0.496 e. The fraction of sp³-hybridized carbons (Fsp3) is 0.294. The van der Waals surface area contributed by atoms with Crippen molar-refractivity contribution < 1.29 is 19.4 Å². The van der Waals surface area contributed by atoms with Crippen molar-refractivity contribution in [2.45, 2.75) is 18.0 Å². The van der Waals surface area contributed by atoms with Gasteiger partial charge in [0.1, 0.15) is 18.4 Å². The molecular weight excluding hydrogens is 328 g/mol. The minimum absolute atomic E-state index is 0.0504. The van der Waals surface area contributed by atoms with E-state index in [-0.39, 0.29) is 5.37 Å². The zero-order chi connectivity index (χ0) is 16.9. The molecule has 0 amide bonds. The van der Waals surface area contributed by atoms with Gasteiger partial charge in [0, 0.05) is 23.6 Å². The number of benzene rings is 1. The van der Waals surface area contributed by atoms with Gasteiger partial charge < -0.3 is 14.6 Å². The molecule has 0 aliphatic carbocycles. The van der Waals surface area contributed by atoms with Crippen LogP contribution in [-0.4, -0.2) is 35.0 Å². The molecule has 0 radical (unpaired) electrons. The van der Waals surface area contributed by atoms with Gasteiger partial charge in [0.25, 0.3) is 0 Å². The Bertz CT molecular complexity index is 711. The number of hydrogen-bond acceptors (Lipinski definition) is 6. The molecule has 1 aromatic carbocycles. The van der Waals surface area contributed by atoms with Crippen molar-refractivity contribution >= 4 is 17.7 Å². The van der Waals surface area contributed by atoms with E-state index in [1.54, 1.807) is 31.1 Å². The molecule has 2 atom stereocenters. The Labute approximate surface area is 144 Å². The maximum absolute atomic E-state index is 11.1. The fourth-order valence-electron chi connectivity index (χ4n) is 2.46. The van der Waals surface area contributed by atoms with Gasteiger partial charge >= 0.3 is 5.97 Å². The maximum Gasteiger partial charge on any atom is 0.321 e. The van der Waals surface area contributed by atoms with Crippen molar-refractivity contribution in [3.05, 3.63) is 53.7 Å². The lowest BCUT2D eigenvalue weighted by molar-refractivity contribution is -0.138. The minimum Gasteiger partial charge on any atom is -0.496 e. The second-order valence-corrected chi connectivity index (χ2v) is 6.44. The van der Waals surface area contributed by atoms with Gasteiger partial charge in [-0.1, -0.05) is 12.1 Å². The molecule has 0 saturated carbocycles. The third kappa shape index (κ3) is 3.80. The molecule has 126 valence electrons. The van der Waals surface area contributed by atoms with Gasteiger partial charge in [-0.2, -0.15) is 0 Å². The Morgan fingerprint density at radius 1 is 1.42 bits per heavy atom. The predicted molar refractivity (Wildman–Crippen MR) is 91.3 cm³/mol. The molecule has 1 aliphatic heterocycles. The molecule has 1 saturated heterocycles. The van der Waals surface area contributed by atoms with E-state index in [0.717, 1.165) is 16.9 Å². The zero-order valence-electron chi connectivity index (χ0n) is 13.1. The van der Waals surface area contributed by atoms with Crippen LogP contribution in [0.25, 0.3) is 0 Å². The van der Waals surface area contributed by atoms with Gasteiger partial charge in [-0.15, -0.1) is 11.8 Å². The highest BCUT2D eigenvalue weighted by atomic mass is 32.2. The highest BCUT2D eigenvalue weighted by molar-refractivity contribution is 7.99. The summed E-state index contributed by atoms with van der Waals surface area (Å²) in [7, 11) is 1.61. The molecule has 6 nitrogen and oxygen atoms in total. The molecule has 24 heavy (non-hydrogen) atoms. The van der Waals surface area contributed by atoms with Crippen molar-refractivity contribution in [1.29, 1.82) is 0 Å². The normalized spacial score (nSPS) is 19.9. The summed E-state index contributed by atoms with van der Waals surface area (Å²) in [6.45, 7) is 0.327. The minimum atomic E-state index is -0.822. The number of rotatable bonds is 6. The van der Waals surface area contributed by atoms with E-state index < -0.39 is 12.0 Å². The van der Waals surface area contributed by atoms with E-state index in [1.165, 1.54) is 0 Å². The first-order chi connectivity index (χ1) is 11.7. The summed E-state index contributed by atoms with van der Waals surface area (Å²) < 4.78 is 11.1. The lowest BCUT2D eigenvalue weighted by Gasteiger charge is -2.15. The van der Waals surface area contributed by atoms with Crippen LogP contribution < -0.4 is 14.8 Å². The third-order valence-corrected chi connectivity index (χ3v) is 4.97. The molecule has 0 unspecified atom stereocenters. The molecule has 2 heterocycles. The average molecular weight is 346 g/mol. The Hall–Kier alpha value is -2.25. The number of thioether (sulfide) groups is 1. The Kier molecular flexibility index (Phi) is 5.22. The number of pyridine rings is 1. The van der Waals surface area contributed by atoms with Gasteiger partial charge in [-0.05, 0) is 23.8 Å². The lowest BCUT2D eigenvalue weighted by atomic mass is 10.1. The van der Waals surface area contributed by atoms with Crippen molar-refractivity contribution in [3.63, 3.8) is 0 Å². The number of carboxylic acids is 1. The number of aliphatic carboxylic acids is 1. The molecule has 2 aromatic rings. The monoisotopic (exact) mass is 346 g/mol. The lowest BCUT2D eigenvalue weighted by Crippen LogP contribution is -2.33. The molecule has 1 aromatic heterocycles. The van der Waals surface area contributed by atoms with E-state index in [0.29, 0.717) is 18.2 Å². The molecule has 3 rings (SSSR count). The molecule has 0 spiro atoms. The SMILES string of the molecule is COc1ccc([C@H]2N[C@@H](C(=O)O)CS2)cc1COc1ccccn1. The van der Waals surface area contributed by atoms with Gasteiger partial charge in [0.05, 0.1) is 12.5 Å². The number of nitrogens with zero attached hydrogens (tertiary/aromatic N) is 1. The van der Waals surface area contributed by atoms with E-state index in [9.17, 15) is 4.79 Å². The third-order valence-electron chi connectivity index (χ3n) is 3.70. The molecule has 0 bridgehead atoms. The van der Waals surface area contributed by atoms with E-state index >= 15 is 0 Å². The zero-order valence-corrected chi connectivity index (χ0v) is 14.0. The number of nitrogens with one attached hydrogen (secondary N) is 1. The standard InChI is InChI=1S/C17H18N2O4S/c1-22-14-6-5-11(16-19-13(10-24-16)17(20)21)8-12(14)9-23-15-4-2-3-7-18-15/h2-8,13,16,19H,9-10H2,1H3,(H,20,21)/t13-,16+/m1/s1. The molecule has 2 N–H and O–H groups in total. The van der Waals surface area contributed by atoms with Gasteiger partial charge in [0.2, 0.25) is 5.88 Å². The topological polar surface area (TPSA) is 80.7 Å². The molecular formula is C17H18N2O4S. The first kappa shape index (κ1) is 16.6. The van der Waals surface area contributed by atoms with Crippen LogP contribution in [-0.2, 0) is 11.4 Å². The fourth-order valence-corrected chi connectivity index (χ4v) is 3.69. The molecule has 7 heteroatoms. The van der Waals surface area contributed by atoms with Crippen LogP contribution >= 0.6 is 11.8 Å². The van der Waals surface area contributed by atoms with Crippen molar-refractivity contribution in [2.24, 2.45) is 0 Å². The maximum atomic E-state index is 11.1. The van der Waals surface area contributed by atoms with Crippen LogP contribution in [0.15, 0.2) is 42.6 Å². The smallest absolute Gasteiger partial charge is 0.321 e. The summed E-state index contributed by atoms with van der Waals surface area (Å²) in [5.74, 6) is 1.00. The second-order valence-electron chi connectivity index (χ2n) is 5.30. The Morgan fingerprint density at radius 2 is 2.29 bits per heavy atom. The summed E-state index contributed by atoms with van der Waals surface area (Å²) in [6.07, 6.45) is 1.67. The Balaban J connectivity index is 1.74. The van der Waals surface area contributed by atoms with Crippen molar-refractivity contribution in [3.8, 4) is 11.6 Å². The number of carboxylic acid groups (broad SMARTS) is 1. The number of aromatic nitrogens is 1. The van der Waals surface area contributed by atoms with Crippen LogP contribution in [0.4, 0.5) is 0 Å². The number of methoxy groups -OCH3 is 1. The average Bonchev–Trinajstić information content (AvgIpc) is 3.11. The molecule has 1 fully saturated rings. The summed E-state index contributed by atoms with van der Waals surface area (Å²) in [4.78, 5) is 15.2. The highest BCUT2D eigenvalue weighted by Crippen LogP contribution is 2.35. The van der Waals surface area contributed by atoms with Crippen molar-refractivity contribution in [1.82, 2.24) is 10.3 Å². The number of hydrogen-bond donors (Lipinski definition) is 2. The van der Waals surface area contributed by atoms with E-state index in [4.69, 9.17) is 14.6 Å². The molecule has 1 aliphatic rings. The van der Waals surface area contributed by atoms with Crippen LogP contribution in [0.3, 0.4) is 0 Å². The summed E-state index contributed by atoms with van der Waals surface area (Å²) in [5.41, 5.74) is 1.89. The predicted octanol–water partition coefficient (Wildman–Crippen LogP) is 2.46. The van der Waals surface area contributed by atoms with Gasteiger partial charge in [-0.3, -0.25) is 10.1 Å². The second kappa shape index (κ2) is 7.55. The van der Waals surface area contributed by atoms with Crippen LogP contribution in [0.1, 0.15) is 16.5 Å². The quantitative estimate of drug-likeness (QED) is 0.831. The van der Waals surface area contributed by atoms with E-state index in [2.05, 4.69) is 10.3 Å². The summed E-state index contributed by atoms with van der Waals surface area (Å²) in [5, 5.41) is 12.2. The Morgan fingerprint density at radius 3 is 2.96 bits per heavy atom. The van der Waals surface area contributed by atoms with Crippen LogP contribution in [0, 0.1) is 0 Å². The highest BCUT2D eigenvalue weighted by Gasteiger charge is 2.30. The van der Waals surface area contributed by atoms with Gasteiger partial charge in [0.15, 0.2) is 0 Å². The van der Waals surface area contributed by atoms with E-state index in [1.807, 2.05) is 30.3 Å². The number of carbonyl (C=O) groups is 1.